The van der Waals surface area contributed by atoms with Crippen molar-refractivity contribution in [1.29, 1.82) is 0 Å². The summed E-state index contributed by atoms with van der Waals surface area (Å²) in [6, 6.07) is 4.33. The van der Waals surface area contributed by atoms with Crippen LogP contribution >= 0.6 is 11.3 Å². The highest BCUT2D eigenvalue weighted by Crippen LogP contribution is 2.35. The number of pyridine rings is 1. The van der Waals surface area contributed by atoms with E-state index in [9.17, 15) is 0 Å². The third kappa shape index (κ3) is 1.78. The number of hydrogen-bond donors (Lipinski definition) is 1. The van der Waals surface area contributed by atoms with Gasteiger partial charge >= 0.3 is 0 Å². The van der Waals surface area contributed by atoms with Crippen LogP contribution in [0, 0.1) is 6.92 Å². The summed E-state index contributed by atoms with van der Waals surface area (Å²) in [4.78, 5) is 15.2. The molecule has 1 N–H and O–H groups in total. The molecule has 3 heterocycles. The van der Waals surface area contributed by atoms with Crippen molar-refractivity contribution >= 4 is 22.5 Å². The Bertz CT molecular complexity index is 730. The van der Waals surface area contributed by atoms with Gasteiger partial charge in [-0.1, -0.05) is 0 Å². The zero-order valence-corrected chi connectivity index (χ0v) is 11.7. The fourth-order valence-corrected chi connectivity index (χ4v) is 3.96. The number of fused-ring (bicyclic) bond motifs is 2. The molecule has 0 atom stereocenters. The summed E-state index contributed by atoms with van der Waals surface area (Å²) >= 11 is 1.89. The Morgan fingerprint density at radius 3 is 3.00 bits per heavy atom. The average molecular weight is 269 g/mol. The third-order valence-corrected chi connectivity index (χ3v) is 5.07. The molecule has 3 aromatic rings. The first-order valence-corrected chi connectivity index (χ1v) is 7.56. The first-order chi connectivity index (χ1) is 9.31. The molecule has 96 valence electrons. The predicted octanol–water partition coefficient (Wildman–Crippen LogP) is 3.87. The summed E-state index contributed by atoms with van der Waals surface area (Å²) < 4.78 is 0. The number of nitrogens with one attached hydrogen (secondary N) is 1. The van der Waals surface area contributed by atoms with Crippen LogP contribution < -0.4 is 0 Å². The predicted molar refractivity (Wildman–Crippen MR) is 78.6 cm³/mol. The Balaban J connectivity index is 1.85. The van der Waals surface area contributed by atoms with Gasteiger partial charge in [0, 0.05) is 11.1 Å². The van der Waals surface area contributed by atoms with Crippen molar-refractivity contribution in [3.05, 3.63) is 34.3 Å². The minimum Gasteiger partial charge on any atom is -0.336 e. The van der Waals surface area contributed by atoms with E-state index in [1.807, 2.05) is 23.6 Å². The maximum Gasteiger partial charge on any atom is 0.178 e. The molecule has 0 fully saturated rings. The van der Waals surface area contributed by atoms with Gasteiger partial charge in [-0.3, -0.25) is 0 Å². The van der Waals surface area contributed by atoms with Crippen LogP contribution in [0.3, 0.4) is 0 Å². The van der Waals surface area contributed by atoms with Crippen LogP contribution in [-0.2, 0) is 12.8 Å². The van der Waals surface area contributed by atoms with Gasteiger partial charge in [-0.25, -0.2) is 9.97 Å². The van der Waals surface area contributed by atoms with E-state index in [-0.39, 0.29) is 0 Å². The molecule has 0 aromatic carbocycles. The monoisotopic (exact) mass is 269 g/mol. The van der Waals surface area contributed by atoms with Crippen molar-refractivity contribution in [2.24, 2.45) is 0 Å². The summed E-state index contributed by atoms with van der Waals surface area (Å²) in [5.41, 5.74) is 4.60. The van der Waals surface area contributed by atoms with Gasteiger partial charge in [-0.15, -0.1) is 11.3 Å². The van der Waals surface area contributed by atoms with E-state index in [4.69, 9.17) is 0 Å². The van der Waals surface area contributed by atoms with E-state index >= 15 is 0 Å². The van der Waals surface area contributed by atoms with Crippen molar-refractivity contribution < 1.29 is 0 Å². The van der Waals surface area contributed by atoms with Crippen LogP contribution in [0.5, 0.6) is 0 Å². The molecule has 3 nitrogen and oxygen atoms in total. The Morgan fingerprint density at radius 1 is 1.26 bits per heavy atom. The molecule has 0 bridgehead atoms. The number of nitrogens with zero attached hydrogens (tertiary/aromatic N) is 2. The van der Waals surface area contributed by atoms with Gasteiger partial charge in [0.1, 0.15) is 0 Å². The lowest BCUT2D eigenvalue weighted by Crippen LogP contribution is -1.96. The first-order valence-electron chi connectivity index (χ1n) is 6.74. The minimum atomic E-state index is 0.821. The van der Waals surface area contributed by atoms with E-state index in [1.165, 1.54) is 41.7 Å². The van der Waals surface area contributed by atoms with Crippen molar-refractivity contribution in [3.63, 3.8) is 0 Å². The third-order valence-electron chi connectivity index (χ3n) is 3.83. The smallest absolute Gasteiger partial charge is 0.178 e. The summed E-state index contributed by atoms with van der Waals surface area (Å²) in [7, 11) is 0. The van der Waals surface area contributed by atoms with Crippen LogP contribution in [0.1, 0.15) is 28.8 Å². The summed E-state index contributed by atoms with van der Waals surface area (Å²) in [6.45, 7) is 2.09. The summed E-state index contributed by atoms with van der Waals surface area (Å²) in [5, 5.41) is 0. The van der Waals surface area contributed by atoms with Crippen molar-refractivity contribution in [3.8, 4) is 10.7 Å². The molecule has 0 spiro atoms. The first kappa shape index (κ1) is 11.2. The van der Waals surface area contributed by atoms with Crippen molar-refractivity contribution in [1.82, 2.24) is 15.0 Å². The van der Waals surface area contributed by atoms with Gasteiger partial charge in [0.25, 0.3) is 0 Å². The van der Waals surface area contributed by atoms with Crippen LogP contribution in [0.4, 0.5) is 0 Å². The van der Waals surface area contributed by atoms with E-state index in [0.717, 1.165) is 17.0 Å². The van der Waals surface area contributed by atoms with E-state index in [1.54, 1.807) is 4.88 Å². The number of hydrogen-bond acceptors (Lipinski definition) is 3. The molecule has 0 unspecified atom stereocenters. The average Bonchev–Trinajstić information content (AvgIpc) is 3.02. The molecule has 0 radical (unpaired) electrons. The minimum absolute atomic E-state index is 0.821. The van der Waals surface area contributed by atoms with Crippen molar-refractivity contribution in [2.75, 3.05) is 0 Å². The summed E-state index contributed by atoms with van der Waals surface area (Å²) in [5.74, 6) is 0.969. The van der Waals surface area contributed by atoms with Gasteiger partial charge in [-0.05, 0) is 55.9 Å². The molecule has 3 aromatic heterocycles. The van der Waals surface area contributed by atoms with Crippen LogP contribution in [0.25, 0.3) is 21.9 Å². The lowest BCUT2D eigenvalue weighted by Gasteiger charge is -2.08. The molecule has 0 aliphatic heterocycles. The quantitative estimate of drug-likeness (QED) is 0.728. The van der Waals surface area contributed by atoms with Crippen molar-refractivity contribution in [2.45, 2.75) is 32.6 Å². The maximum absolute atomic E-state index is 4.63. The van der Waals surface area contributed by atoms with Crippen LogP contribution in [-0.4, -0.2) is 15.0 Å². The molecule has 19 heavy (non-hydrogen) atoms. The zero-order valence-electron chi connectivity index (χ0n) is 10.9. The van der Waals surface area contributed by atoms with Crippen LogP contribution in [0.15, 0.2) is 18.3 Å². The van der Waals surface area contributed by atoms with Gasteiger partial charge in [0.05, 0.1) is 10.4 Å². The highest BCUT2D eigenvalue weighted by molar-refractivity contribution is 7.15. The number of rotatable bonds is 1. The second kappa shape index (κ2) is 4.17. The van der Waals surface area contributed by atoms with Gasteiger partial charge in [0.15, 0.2) is 11.5 Å². The van der Waals surface area contributed by atoms with Gasteiger partial charge < -0.3 is 4.98 Å². The second-order valence-corrected chi connectivity index (χ2v) is 6.31. The molecular formula is C15H15N3S. The van der Waals surface area contributed by atoms with E-state index in [2.05, 4.69) is 27.9 Å². The van der Waals surface area contributed by atoms with E-state index < -0.39 is 0 Å². The SMILES string of the molecule is Cc1ccnc2nc(-c3cc4c(s3)CCCC4)[nH]c12. The number of imidazole rings is 1. The molecule has 1 aliphatic carbocycles. The Morgan fingerprint density at radius 2 is 2.16 bits per heavy atom. The lowest BCUT2D eigenvalue weighted by atomic mass is 9.99. The molecular weight excluding hydrogens is 254 g/mol. The van der Waals surface area contributed by atoms with Crippen LogP contribution in [0.2, 0.25) is 0 Å². The molecule has 0 saturated carbocycles. The fourth-order valence-electron chi connectivity index (χ4n) is 2.76. The Hall–Kier alpha value is -1.68. The summed E-state index contributed by atoms with van der Waals surface area (Å²) in [6.07, 6.45) is 6.93. The normalized spacial score (nSPS) is 14.8. The van der Waals surface area contributed by atoms with Gasteiger partial charge in [0.2, 0.25) is 0 Å². The zero-order chi connectivity index (χ0) is 12.8. The van der Waals surface area contributed by atoms with Gasteiger partial charge in [-0.2, -0.15) is 0 Å². The fraction of sp³-hybridized carbons (Fsp3) is 0.333. The number of aromatic amines is 1. The Labute approximate surface area is 115 Å². The second-order valence-electron chi connectivity index (χ2n) is 5.18. The molecule has 0 saturated heterocycles. The Kier molecular flexibility index (Phi) is 2.45. The molecule has 4 rings (SSSR count). The number of aryl methyl sites for hydroxylation is 3. The maximum atomic E-state index is 4.63. The number of aromatic nitrogens is 3. The number of H-pyrrole nitrogens is 1. The number of thiophene rings is 1. The largest absolute Gasteiger partial charge is 0.336 e. The molecule has 1 aliphatic rings. The highest BCUT2D eigenvalue weighted by atomic mass is 32.1. The standard InChI is InChI=1S/C15H15N3S/c1-9-6-7-16-15-13(9)17-14(18-15)12-8-10-4-2-3-5-11(10)19-12/h6-8H,2-5H2,1H3,(H,16,17,18). The van der Waals surface area contributed by atoms with E-state index in [0.29, 0.717) is 0 Å². The molecule has 4 heteroatoms. The lowest BCUT2D eigenvalue weighted by molar-refractivity contribution is 0.697. The topological polar surface area (TPSA) is 41.6 Å². The molecule has 0 amide bonds. The highest BCUT2D eigenvalue weighted by Gasteiger charge is 2.16.